The molecule has 0 unspecified atom stereocenters. The number of hydrogen-bond donors (Lipinski definition) is 1. The minimum atomic E-state index is 0.743. The van der Waals surface area contributed by atoms with Gasteiger partial charge in [0.15, 0.2) is 0 Å². The van der Waals surface area contributed by atoms with Crippen molar-refractivity contribution in [2.45, 2.75) is 20.3 Å². The summed E-state index contributed by atoms with van der Waals surface area (Å²) in [5.41, 5.74) is 1.21. The molecule has 0 radical (unpaired) electrons. The molecular weight excluding hydrogens is 102 g/mol. The molecule has 2 heteroatoms. The first kappa shape index (κ1) is 7.21. The second kappa shape index (κ2) is 4.37. The van der Waals surface area contributed by atoms with E-state index in [1.165, 1.54) is 11.8 Å². The zero-order chi connectivity index (χ0) is 6.41. The first-order chi connectivity index (χ1) is 3.81. The lowest BCUT2D eigenvalue weighted by Crippen LogP contribution is -1.76. The van der Waals surface area contributed by atoms with Gasteiger partial charge < -0.3 is 5.21 Å². The third kappa shape index (κ3) is 3.40. The SMILES string of the molecule is C/C=C(\C)C/C=N/O. The maximum atomic E-state index is 7.95. The van der Waals surface area contributed by atoms with Gasteiger partial charge >= 0.3 is 0 Å². The summed E-state index contributed by atoms with van der Waals surface area (Å²) in [7, 11) is 0. The second-order valence-corrected chi connectivity index (χ2v) is 1.64. The number of rotatable bonds is 2. The van der Waals surface area contributed by atoms with Crippen molar-refractivity contribution in [1.82, 2.24) is 0 Å². The highest BCUT2D eigenvalue weighted by Crippen LogP contribution is 1.94. The molecule has 0 aromatic heterocycles. The van der Waals surface area contributed by atoms with Crippen LogP contribution in [-0.4, -0.2) is 11.4 Å². The van der Waals surface area contributed by atoms with E-state index in [0.29, 0.717) is 0 Å². The van der Waals surface area contributed by atoms with Crippen LogP contribution in [0.1, 0.15) is 20.3 Å². The molecule has 0 heterocycles. The fourth-order valence-corrected chi connectivity index (χ4v) is 0.303. The van der Waals surface area contributed by atoms with Crippen LogP contribution in [0.15, 0.2) is 16.8 Å². The maximum Gasteiger partial charge on any atom is 0.0476 e. The van der Waals surface area contributed by atoms with Crippen molar-refractivity contribution in [3.05, 3.63) is 11.6 Å². The molecule has 0 aromatic rings. The first-order valence-electron chi connectivity index (χ1n) is 2.59. The number of nitrogens with zero attached hydrogens (tertiary/aromatic N) is 1. The highest BCUT2D eigenvalue weighted by atomic mass is 16.4. The largest absolute Gasteiger partial charge is 0.411 e. The van der Waals surface area contributed by atoms with Gasteiger partial charge in [0, 0.05) is 12.6 Å². The minimum Gasteiger partial charge on any atom is -0.411 e. The Bertz CT molecular complexity index is 105. The van der Waals surface area contributed by atoms with Crippen molar-refractivity contribution >= 4 is 6.21 Å². The molecule has 0 spiro atoms. The van der Waals surface area contributed by atoms with E-state index in [2.05, 4.69) is 5.16 Å². The fraction of sp³-hybridized carbons (Fsp3) is 0.500. The van der Waals surface area contributed by atoms with Crippen LogP contribution in [0.3, 0.4) is 0 Å². The van der Waals surface area contributed by atoms with Crippen LogP contribution in [0.5, 0.6) is 0 Å². The Hall–Kier alpha value is -0.790. The Morgan fingerprint density at radius 3 is 2.75 bits per heavy atom. The molecule has 0 aliphatic rings. The summed E-state index contributed by atoms with van der Waals surface area (Å²) < 4.78 is 0. The summed E-state index contributed by atoms with van der Waals surface area (Å²) in [6.07, 6.45) is 4.20. The topological polar surface area (TPSA) is 32.6 Å². The van der Waals surface area contributed by atoms with Crippen LogP contribution < -0.4 is 0 Å². The average Bonchev–Trinajstić information content (AvgIpc) is 1.83. The van der Waals surface area contributed by atoms with Crippen LogP contribution in [-0.2, 0) is 0 Å². The van der Waals surface area contributed by atoms with E-state index in [-0.39, 0.29) is 0 Å². The Balaban J connectivity index is 3.40. The van der Waals surface area contributed by atoms with Crippen LogP contribution in [0.25, 0.3) is 0 Å². The third-order valence-electron chi connectivity index (χ3n) is 0.988. The quantitative estimate of drug-likeness (QED) is 0.252. The molecule has 0 aromatic carbocycles. The summed E-state index contributed by atoms with van der Waals surface area (Å²) in [4.78, 5) is 0. The molecule has 0 amide bonds. The van der Waals surface area contributed by atoms with Gasteiger partial charge in [-0.2, -0.15) is 0 Å². The van der Waals surface area contributed by atoms with Gasteiger partial charge in [0.05, 0.1) is 0 Å². The molecule has 8 heavy (non-hydrogen) atoms. The van der Waals surface area contributed by atoms with Crippen molar-refractivity contribution in [2.24, 2.45) is 5.16 Å². The van der Waals surface area contributed by atoms with Crippen molar-refractivity contribution < 1.29 is 5.21 Å². The zero-order valence-corrected chi connectivity index (χ0v) is 5.26. The highest BCUT2D eigenvalue weighted by molar-refractivity contribution is 5.59. The van der Waals surface area contributed by atoms with Gasteiger partial charge in [-0.05, 0) is 13.8 Å². The van der Waals surface area contributed by atoms with Crippen LogP contribution in [0, 0.1) is 0 Å². The van der Waals surface area contributed by atoms with Crippen molar-refractivity contribution in [3.63, 3.8) is 0 Å². The van der Waals surface area contributed by atoms with Gasteiger partial charge in [-0.1, -0.05) is 11.6 Å². The maximum absolute atomic E-state index is 7.95. The average molecular weight is 113 g/mol. The van der Waals surface area contributed by atoms with Gasteiger partial charge in [0.2, 0.25) is 0 Å². The van der Waals surface area contributed by atoms with E-state index >= 15 is 0 Å². The molecular formula is C6H11NO. The lowest BCUT2D eigenvalue weighted by Gasteiger charge is -1.87. The Labute approximate surface area is 49.5 Å². The van der Waals surface area contributed by atoms with Crippen LogP contribution >= 0.6 is 0 Å². The van der Waals surface area contributed by atoms with Gasteiger partial charge in [0.25, 0.3) is 0 Å². The molecule has 0 saturated carbocycles. The van der Waals surface area contributed by atoms with Gasteiger partial charge in [-0.25, -0.2) is 0 Å². The summed E-state index contributed by atoms with van der Waals surface area (Å²) in [5.74, 6) is 0. The number of oxime groups is 1. The van der Waals surface area contributed by atoms with E-state index < -0.39 is 0 Å². The normalized spacial score (nSPS) is 13.0. The van der Waals surface area contributed by atoms with E-state index in [0.717, 1.165) is 6.42 Å². The lowest BCUT2D eigenvalue weighted by molar-refractivity contribution is 0.321. The minimum absolute atomic E-state index is 0.743. The summed E-state index contributed by atoms with van der Waals surface area (Å²) in [6, 6.07) is 0. The molecule has 46 valence electrons. The molecule has 0 aliphatic carbocycles. The van der Waals surface area contributed by atoms with E-state index in [9.17, 15) is 0 Å². The second-order valence-electron chi connectivity index (χ2n) is 1.64. The Kier molecular flexibility index (Phi) is 3.94. The Morgan fingerprint density at radius 1 is 1.75 bits per heavy atom. The van der Waals surface area contributed by atoms with Gasteiger partial charge in [-0.15, -0.1) is 5.16 Å². The standard InChI is InChI=1S/C6H11NO/c1-3-6(2)4-5-7-8/h3,5,8H,4H2,1-2H3/b6-3+,7-5+. The third-order valence-corrected chi connectivity index (χ3v) is 0.988. The number of allylic oxidation sites excluding steroid dienone is 2. The van der Waals surface area contributed by atoms with Crippen molar-refractivity contribution in [1.29, 1.82) is 0 Å². The molecule has 2 nitrogen and oxygen atoms in total. The molecule has 0 fully saturated rings. The smallest absolute Gasteiger partial charge is 0.0476 e. The van der Waals surface area contributed by atoms with Crippen LogP contribution in [0.4, 0.5) is 0 Å². The van der Waals surface area contributed by atoms with E-state index in [4.69, 9.17) is 5.21 Å². The van der Waals surface area contributed by atoms with E-state index in [1.807, 2.05) is 19.9 Å². The van der Waals surface area contributed by atoms with Crippen molar-refractivity contribution in [2.75, 3.05) is 0 Å². The van der Waals surface area contributed by atoms with E-state index in [1.54, 1.807) is 0 Å². The molecule has 0 bridgehead atoms. The lowest BCUT2D eigenvalue weighted by atomic mass is 10.2. The predicted octanol–water partition coefficient (Wildman–Crippen LogP) is 1.80. The fourth-order valence-electron chi connectivity index (χ4n) is 0.303. The molecule has 0 aliphatic heterocycles. The summed E-state index contributed by atoms with van der Waals surface area (Å²) in [6.45, 7) is 3.95. The molecule has 0 atom stereocenters. The summed E-state index contributed by atoms with van der Waals surface area (Å²) >= 11 is 0. The summed E-state index contributed by atoms with van der Waals surface area (Å²) in [5, 5.41) is 10.8. The monoisotopic (exact) mass is 113 g/mol. The van der Waals surface area contributed by atoms with Gasteiger partial charge in [0.1, 0.15) is 0 Å². The molecule has 0 rings (SSSR count). The highest BCUT2D eigenvalue weighted by Gasteiger charge is 1.79. The van der Waals surface area contributed by atoms with Crippen molar-refractivity contribution in [3.8, 4) is 0 Å². The predicted molar refractivity (Wildman–Crippen MR) is 34.3 cm³/mol. The zero-order valence-electron chi connectivity index (χ0n) is 5.26. The molecule has 1 N–H and O–H groups in total. The number of hydrogen-bond acceptors (Lipinski definition) is 2. The van der Waals surface area contributed by atoms with Crippen LogP contribution in [0.2, 0.25) is 0 Å². The Morgan fingerprint density at radius 2 is 2.38 bits per heavy atom. The first-order valence-corrected chi connectivity index (χ1v) is 2.59. The van der Waals surface area contributed by atoms with Gasteiger partial charge in [-0.3, -0.25) is 0 Å². The molecule has 0 saturated heterocycles.